The predicted molar refractivity (Wildman–Crippen MR) is 440 cm³/mol. The maximum atomic E-state index is 14.4. The number of hydrogen-bond donors (Lipinski definition) is 7. The van der Waals surface area contributed by atoms with Gasteiger partial charge < -0.3 is 98.3 Å². The highest BCUT2D eigenvalue weighted by Gasteiger charge is 2.65. The van der Waals surface area contributed by atoms with Gasteiger partial charge in [-0.3, -0.25) is 38.9 Å². The number of aliphatic hydroxyl groups is 1. The van der Waals surface area contributed by atoms with Gasteiger partial charge in [-0.05, 0) is 100 Å². The molecular weight excluding hydrogens is 1630 g/mol. The number of unbranched alkanes of at least 4 members (excludes halogenated alkanes) is 2. The number of sulfone groups is 2. The third-order valence-electron chi connectivity index (χ3n) is 20.8. The summed E-state index contributed by atoms with van der Waals surface area (Å²) in [4.78, 5) is 137. The van der Waals surface area contributed by atoms with E-state index in [4.69, 9.17) is 68.4 Å². The molecule has 3 fully saturated rings. The van der Waals surface area contributed by atoms with Gasteiger partial charge in [0, 0.05) is 76.3 Å². The first kappa shape index (κ1) is 98.4. The number of carbonyl (C=O) groups is 10. The van der Waals surface area contributed by atoms with Crippen molar-refractivity contribution in [3.63, 3.8) is 0 Å². The van der Waals surface area contributed by atoms with Crippen LogP contribution < -0.4 is 41.5 Å². The average Bonchev–Trinajstić information content (AvgIpc) is 1.57. The first-order chi connectivity index (χ1) is 57.0. The number of amides is 8. The Morgan fingerprint density at radius 2 is 1.37 bits per heavy atom. The van der Waals surface area contributed by atoms with E-state index in [1.54, 1.807) is 76.2 Å². The Hall–Kier alpha value is -8.73. The van der Waals surface area contributed by atoms with Gasteiger partial charge in [-0.25, -0.2) is 31.2 Å². The quantitative estimate of drug-likeness (QED) is 0.0162. The Balaban J connectivity index is 0.783. The number of Topliss-reactive ketones (excluding diaryl/α,β-unsaturated/α-hetero) is 1. The van der Waals surface area contributed by atoms with Crippen molar-refractivity contribution in [2.45, 2.75) is 160 Å². The average molecular weight is 1750 g/mol. The third-order valence-corrected chi connectivity index (χ3v) is 24.5. The molecule has 38 heteroatoms. The highest BCUT2D eigenvalue weighted by molar-refractivity contribution is 7.92. The molecule has 7 N–H and O–H groups in total. The van der Waals surface area contributed by atoms with E-state index in [2.05, 4.69) is 31.9 Å². The minimum Gasteiger partial charge on any atom is -0.495 e. The number of fused-ring (bicyclic) bond motifs is 5. The van der Waals surface area contributed by atoms with E-state index in [0.29, 0.717) is 74.8 Å². The van der Waals surface area contributed by atoms with Crippen LogP contribution in [0.15, 0.2) is 84.5 Å². The van der Waals surface area contributed by atoms with Crippen LogP contribution in [0.25, 0.3) is 0 Å². The molecule has 10 atom stereocenters. The number of rotatable bonds is 28. The number of anilines is 2. The lowest BCUT2D eigenvalue weighted by atomic mass is 9.83. The Morgan fingerprint density at radius 3 is 1.97 bits per heavy atom. The predicted octanol–water partition coefficient (Wildman–Crippen LogP) is 5.15. The van der Waals surface area contributed by atoms with Crippen LogP contribution in [0.2, 0.25) is 5.02 Å². The van der Waals surface area contributed by atoms with E-state index in [-0.39, 0.29) is 114 Å². The number of likely N-dealkylation sites (N-methyl/N-ethyl adjacent to an activating group) is 1. The van der Waals surface area contributed by atoms with Gasteiger partial charge in [0.2, 0.25) is 29.5 Å². The molecule has 0 aliphatic carbocycles. The number of carbonyl (C=O) groups excluding carboxylic acids is 10. The number of epoxide rings is 1. The van der Waals surface area contributed by atoms with Gasteiger partial charge in [0.15, 0.2) is 31.2 Å². The van der Waals surface area contributed by atoms with Gasteiger partial charge in [-0.1, -0.05) is 86.9 Å². The van der Waals surface area contributed by atoms with Crippen LogP contribution in [0.3, 0.4) is 0 Å². The molecule has 3 saturated heterocycles. The summed E-state index contributed by atoms with van der Waals surface area (Å²) in [7, 11) is -2.13. The zero-order valence-electron chi connectivity index (χ0n) is 70.0. The second kappa shape index (κ2) is 47.6. The summed E-state index contributed by atoms with van der Waals surface area (Å²) >= 11 is 6.84. The Labute approximate surface area is 706 Å². The van der Waals surface area contributed by atoms with Crippen molar-refractivity contribution in [1.82, 2.24) is 31.5 Å². The molecule has 4 aliphatic heterocycles. The molecule has 0 saturated carbocycles. The van der Waals surface area contributed by atoms with Gasteiger partial charge in [0.25, 0.3) is 5.91 Å². The number of ether oxygens (including phenoxy) is 12. The Bertz CT molecular complexity index is 4220. The molecule has 35 nitrogen and oxygen atoms in total. The SMILES string of the molecule is COc1cc2cc(c1Cl)N(C)C(=O)C[C@H](OC(=O)[C@H](C)N(C)C(=O)CCCCCNC(=O)OCc1ccc(NC(=O)[C@H](C)NC(=O)[C@@H](NC(=O)CCOCCNC(=O)c3ccc(C(=O)C4CS(=O)(=O)CCOCCOCCOCCOCCOCCS(=O)(=O)C4)cc3)C(C)C)cc1)[C@]1(C)O[C@H]1[C@H](C)C1C[C@@](O)(NC(=O)O1)[C@H](OC)/C=C/C=C(\C)C2. The summed E-state index contributed by atoms with van der Waals surface area (Å²) in [6.45, 7) is 13.2. The van der Waals surface area contributed by atoms with Crippen LogP contribution in [-0.4, -0.2) is 284 Å². The topological polar surface area (TPSA) is 452 Å². The van der Waals surface area contributed by atoms with Crippen molar-refractivity contribution in [2.75, 3.05) is 154 Å². The molecule has 666 valence electrons. The molecule has 3 aromatic carbocycles. The van der Waals surface area contributed by atoms with E-state index in [0.717, 1.165) is 11.1 Å². The number of hydrogen-bond acceptors (Lipinski definition) is 27. The van der Waals surface area contributed by atoms with E-state index in [9.17, 15) is 69.9 Å². The number of halogens is 1. The zero-order valence-corrected chi connectivity index (χ0v) is 72.4. The maximum Gasteiger partial charge on any atom is 0.409 e. The number of nitrogens with one attached hydrogen (secondary N) is 6. The molecule has 7 rings (SSSR count). The number of benzene rings is 3. The molecule has 4 heterocycles. The Morgan fingerprint density at radius 1 is 0.758 bits per heavy atom. The van der Waals surface area contributed by atoms with Crippen molar-refractivity contribution in [2.24, 2.45) is 17.8 Å². The summed E-state index contributed by atoms with van der Waals surface area (Å²) in [6.07, 6.45) is 0.853. The summed E-state index contributed by atoms with van der Waals surface area (Å²) in [5.74, 6) is -9.31. The highest BCUT2D eigenvalue weighted by Crippen LogP contribution is 2.49. The van der Waals surface area contributed by atoms with Gasteiger partial charge in [0.05, 0.1) is 134 Å². The number of nitrogens with zero attached hydrogens (tertiary/aromatic N) is 2. The largest absolute Gasteiger partial charge is 0.495 e. The standard InChI is InChI=1S/C82H117ClN8O27S2/c1-52(2)72(88-68(92)27-30-109-31-29-84-76(97)60-23-21-59(22-24-60)73(95)61-50-119(103,104)42-40-113-38-36-111-34-32-110-33-35-112-37-39-114-41-43-120(105,106)51-61)77(98)86-55(5)75(96)87-62-25-19-57(20-26-62)49-115-79(100)85-28-14-12-13-18-69(93)90(8)56(6)78(99)117-67-47-70(94)91(9)63-45-58(46-64(107-10)71(63)83)44-53(3)16-15-17-66(108-11)82(102)48-65(116-80(101)89-82)54(4)74-81(67,7)118-74/h15-17,19-26,45-46,52,54-56,61,65-67,72,74,102H,12-14,18,27-44,47-51H2,1-11H3,(H,84,97)(H,85,100)(H,86,98)(H,87,96)(H,88,92)(H,89,101)/b17-15+,53-16+/t54-,55+,56+,65?,66-,67+,72+,74+,81+,82+/m1/s1. The first-order valence-electron chi connectivity index (χ1n) is 40.0. The lowest BCUT2D eigenvalue weighted by molar-refractivity contribution is -0.162. The molecule has 4 bridgehead atoms. The normalized spacial score (nSPS) is 24.0. The van der Waals surface area contributed by atoms with Crippen molar-refractivity contribution >= 4 is 102 Å². The van der Waals surface area contributed by atoms with Gasteiger partial charge in [-0.15, -0.1) is 0 Å². The fourth-order valence-corrected chi connectivity index (χ4v) is 16.7. The van der Waals surface area contributed by atoms with Crippen LogP contribution in [0.5, 0.6) is 5.75 Å². The molecular formula is C82H117ClN8O27S2. The lowest BCUT2D eigenvalue weighted by Crippen LogP contribution is -2.63. The van der Waals surface area contributed by atoms with Crippen molar-refractivity contribution in [3.05, 3.63) is 112 Å². The van der Waals surface area contributed by atoms with E-state index >= 15 is 0 Å². The molecule has 120 heavy (non-hydrogen) atoms. The summed E-state index contributed by atoms with van der Waals surface area (Å²) < 4.78 is 120. The number of ketones is 1. The van der Waals surface area contributed by atoms with E-state index in [1.165, 1.54) is 76.2 Å². The lowest BCUT2D eigenvalue weighted by Gasteiger charge is -2.42. The number of alkyl carbamates (subject to hydrolysis) is 2. The smallest absolute Gasteiger partial charge is 0.409 e. The van der Waals surface area contributed by atoms with Crippen LogP contribution in [0.4, 0.5) is 21.0 Å². The highest BCUT2D eigenvalue weighted by atomic mass is 35.5. The van der Waals surface area contributed by atoms with Crippen molar-refractivity contribution < 1.29 is 127 Å². The van der Waals surface area contributed by atoms with Crippen LogP contribution >= 0.6 is 11.6 Å². The minimum absolute atomic E-state index is 0.00965. The van der Waals surface area contributed by atoms with Crippen molar-refractivity contribution in [1.29, 1.82) is 0 Å². The molecule has 8 amide bonds. The fraction of sp³-hybridized carbons (Fsp3) is 0.610. The monoisotopic (exact) mass is 1740 g/mol. The first-order valence-corrected chi connectivity index (χ1v) is 44.0. The summed E-state index contributed by atoms with van der Waals surface area (Å²) in [5.41, 5.74) is -0.158. The third kappa shape index (κ3) is 31.0. The number of esters is 1. The zero-order chi connectivity index (χ0) is 87.9. The van der Waals surface area contributed by atoms with E-state index < -0.39 is 174 Å². The number of allylic oxidation sites excluding steroid dienone is 3. The van der Waals surface area contributed by atoms with Crippen LogP contribution in [0, 0.1) is 17.8 Å². The molecule has 4 aliphatic rings. The second-order valence-electron chi connectivity index (χ2n) is 30.5. The van der Waals surface area contributed by atoms with Gasteiger partial charge in [-0.2, -0.15) is 0 Å². The molecule has 0 spiro atoms. The number of methoxy groups -OCH3 is 2. The minimum atomic E-state index is -4.00. The van der Waals surface area contributed by atoms with Crippen molar-refractivity contribution in [3.8, 4) is 5.75 Å². The second-order valence-corrected chi connectivity index (χ2v) is 35.3. The fourth-order valence-electron chi connectivity index (χ4n) is 13.4. The summed E-state index contributed by atoms with van der Waals surface area (Å²) in [5, 5.41) is 28.0. The maximum absolute atomic E-state index is 14.4. The van der Waals surface area contributed by atoms with Gasteiger partial charge in [0.1, 0.15) is 59.4 Å². The molecule has 1 unspecified atom stereocenters. The summed E-state index contributed by atoms with van der Waals surface area (Å²) in [6, 6.07) is 12.1. The van der Waals surface area contributed by atoms with Gasteiger partial charge >= 0.3 is 18.2 Å². The van der Waals surface area contributed by atoms with Crippen LogP contribution in [-0.2, 0) is 114 Å². The molecule has 0 aromatic heterocycles. The Kier molecular flexibility index (Phi) is 39.0. The van der Waals surface area contributed by atoms with E-state index in [1.807, 2.05) is 13.0 Å². The molecule has 0 radical (unpaired) electrons. The molecule has 3 aromatic rings. The van der Waals surface area contributed by atoms with Crippen LogP contribution in [0.1, 0.15) is 125 Å².